The molecular weight excluding hydrogens is 512 g/mol. The average molecular weight is 541 g/mol. The van der Waals surface area contributed by atoms with Gasteiger partial charge in [0.05, 0.1) is 28.4 Å². The number of aromatic nitrogens is 1. The van der Waals surface area contributed by atoms with Gasteiger partial charge in [-0.15, -0.1) is 0 Å². The van der Waals surface area contributed by atoms with Crippen molar-refractivity contribution in [3.8, 4) is 11.5 Å². The number of nitrogens with zero attached hydrogens (tertiary/aromatic N) is 2. The maximum absolute atomic E-state index is 13.6. The SMILES string of the molecule is CCCOc1cccc(C2C(=C(O)c3ccc4c(c3)CC(C)O4)C(=O)C(=O)N2c2nc3ccc(C)cc3s2)c1. The lowest BCUT2D eigenvalue weighted by Crippen LogP contribution is -2.29. The minimum Gasteiger partial charge on any atom is -0.507 e. The lowest BCUT2D eigenvalue weighted by atomic mass is 9.94. The molecule has 3 aromatic carbocycles. The number of amides is 1. The normalized spacial score (nSPS) is 19.9. The summed E-state index contributed by atoms with van der Waals surface area (Å²) in [6, 6.07) is 17.7. The van der Waals surface area contributed by atoms with Gasteiger partial charge in [0.2, 0.25) is 0 Å². The molecule has 0 aliphatic carbocycles. The van der Waals surface area contributed by atoms with E-state index in [0.717, 1.165) is 33.5 Å². The Kier molecular flexibility index (Phi) is 6.35. The lowest BCUT2D eigenvalue weighted by molar-refractivity contribution is -0.132. The number of rotatable bonds is 6. The van der Waals surface area contributed by atoms with Crippen molar-refractivity contribution < 1.29 is 24.2 Å². The van der Waals surface area contributed by atoms with Crippen molar-refractivity contribution in [2.45, 2.75) is 45.8 Å². The largest absolute Gasteiger partial charge is 0.507 e. The van der Waals surface area contributed by atoms with E-state index in [0.29, 0.717) is 35.0 Å². The van der Waals surface area contributed by atoms with Gasteiger partial charge >= 0.3 is 5.91 Å². The number of ketones is 1. The zero-order valence-corrected chi connectivity index (χ0v) is 22.7. The fourth-order valence-corrected chi connectivity index (χ4v) is 6.28. The molecule has 2 unspecified atom stereocenters. The van der Waals surface area contributed by atoms with Crippen molar-refractivity contribution >= 4 is 44.1 Å². The second kappa shape index (κ2) is 9.85. The van der Waals surface area contributed by atoms with Gasteiger partial charge in [-0.1, -0.05) is 36.5 Å². The van der Waals surface area contributed by atoms with E-state index in [1.807, 2.05) is 69.3 Å². The molecule has 2 atom stereocenters. The molecule has 1 aromatic heterocycles. The first-order chi connectivity index (χ1) is 18.8. The summed E-state index contributed by atoms with van der Waals surface area (Å²) in [5.74, 6) is -0.307. The molecule has 3 heterocycles. The van der Waals surface area contributed by atoms with Crippen LogP contribution in [0.3, 0.4) is 0 Å². The van der Waals surface area contributed by atoms with Gasteiger partial charge < -0.3 is 14.6 Å². The second-order valence-corrected chi connectivity index (χ2v) is 11.0. The van der Waals surface area contributed by atoms with Crippen molar-refractivity contribution in [1.29, 1.82) is 0 Å². The van der Waals surface area contributed by atoms with Crippen molar-refractivity contribution in [1.82, 2.24) is 4.98 Å². The van der Waals surface area contributed by atoms with E-state index < -0.39 is 17.7 Å². The number of benzene rings is 3. The van der Waals surface area contributed by atoms with Crippen LogP contribution in [0.4, 0.5) is 5.13 Å². The first kappa shape index (κ1) is 25.1. The van der Waals surface area contributed by atoms with Gasteiger partial charge in [-0.3, -0.25) is 14.5 Å². The Morgan fingerprint density at radius 2 is 2.00 bits per heavy atom. The molecule has 4 aromatic rings. The van der Waals surface area contributed by atoms with Crippen LogP contribution >= 0.6 is 11.3 Å². The number of hydrogen-bond donors (Lipinski definition) is 1. The number of Topliss-reactive ketones (excluding diaryl/α,β-unsaturated/α-hetero) is 1. The van der Waals surface area contributed by atoms with Gasteiger partial charge in [0.25, 0.3) is 5.78 Å². The van der Waals surface area contributed by atoms with Crippen LogP contribution in [-0.4, -0.2) is 34.5 Å². The third-order valence-corrected chi connectivity index (χ3v) is 8.02. The summed E-state index contributed by atoms with van der Waals surface area (Å²) in [5, 5.41) is 12.0. The predicted octanol–water partition coefficient (Wildman–Crippen LogP) is 6.34. The van der Waals surface area contributed by atoms with Gasteiger partial charge in [0, 0.05) is 12.0 Å². The van der Waals surface area contributed by atoms with Crippen molar-refractivity contribution in [3.05, 3.63) is 88.5 Å². The molecule has 198 valence electrons. The molecule has 2 aliphatic rings. The molecule has 7 nitrogen and oxygen atoms in total. The van der Waals surface area contributed by atoms with Gasteiger partial charge in [-0.25, -0.2) is 4.98 Å². The highest BCUT2D eigenvalue weighted by molar-refractivity contribution is 7.22. The van der Waals surface area contributed by atoms with Gasteiger partial charge in [0.1, 0.15) is 23.4 Å². The number of aryl methyl sites for hydroxylation is 1. The third-order valence-electron chi connectivity index (χ3n) is 7.00. The Hall–Kier alpha value is -4.17. The predicted molar refractivity (Wildman–Crippen MR) is 152 cm³/mol. The Labute approximate surface area is 230 Å². The van der Waals surface area contributed by atoms with Crippen LogP contribution in [0.5, 0.6) is 11.5 Å². The van der Waals surface area contributed by atoms with Crippen molar-refractivity contribution in [2.24, 2.45) is 0 Å². The number of ether oxygens (including phenoxy) is 2. The Morgan fingerprint density at radius 3 is 2.82 bits per heavy atom. The minimum absolute atomic E-state index is 0.0231. The third kappa shape index (κ3) is 4.44. The van der Waals surface area contributed by atoms with Gasteiger partial charge in [0.15, 0.2) is 5.13 Å². The number of carbonyl (C=O) groups excluding carboxylic acids is 2. The maximum Gasteiger partial charge on any atom is 0.301 e. The summed E-state index contributed by atoms with van der Waals surface area (Å²) in [6.07, 6.45) is 1.58. The van der Waals surface area contributed by atoms with Crippen LogP contribution in [0.15, 0.2) is 66.2 Å². The number of fused-ring (bicyclic) bond motifs is 2. The number of thiazole rings is 1. The Balaban J connectivity index is 1.52. The first-order valence-electron chi connectivity index (χ1n) is 13.0. The summed E-state index contributed by atoms with van der Waals surface area (Å²) in [7, 11) is 0. The molecular formula is C31H28N2O5S. The monoisotopic (exact) mass is 540 g/mol. The molecule has 0 spiro atoms. The van der Waals surface area contributed by atoms with Crippen LogP contribution < -0.4 is 14.4 Å². The van der Waals surface area contributed by atoms with Crippen LogP contribution in [0.1, 0.15) is 48.6 Å². The van der Waals surface area contributed by atoms with E-state index in [1.165, 1.54) is 16.2 Å². The van der Waals surface area contributed by atoms with E-state index in [2.05, 4.69) is 0 Å². The van der Waals surface area contributed by atoms with Crippen LogP contribution in [-0.2, 0) is 16.0 Å². The highest BCUT2D eigenvalue weighted by Crippen LogP contribution is 2.45. The van der Waals surface area contributed by atoms with E-state index >= 15 is 0 Å². The molecule has 6 rings (SSSR count). The Bertz CT molecular complexity index is 1660. The van der Waals surface area contributed by atoms with Crippen LogP contribution in [0.25, 0.3) is 16.0 Å². The summed E-state index contributed by atoms with van der Waals surface area (Å²) < 4.78 is 12.6. The number of anilines is 1. The lowest BCUT2D eigenvalue weighted by Gasteiger charge is -2.23. The van der Waals surface area contributed by atoms with E-state index in [4.69, 9.17) is 14.5 Å². The average Bonchev–Trinajstić information content (AvgIpc) is 3.59. The standard InChI is InChI=1S/C31H28N2O5S/c1-4-12-37-22-7-5-6-19(16-22)27-26(28(34)20-9-11-24-21(15-20)14-18(3)38-24)29(35)30(36)33(27)31-32-23-10-8-17(2)13-25(23)39-31/h5-11,13,15-16,18,27,34H,4,12,14H2,1-3H3. The molecule has 39 heavy (non-hydrogen) atoms. The molecule has 1 saturated heterocycles. The molecule has 0 radical (unpaired) electrons. The molecule has 1 fully saturated rings. The molecule has 0 saturated carbocycles. The van der Waals surface area contributed by atoms with Crippen molar-refractivity contribution in [2.75, 3.05) is 11.5 Å². The summed E-state index contributed by atoms with van der Waals surface area (Å²) in [4.78, 5) is 33.3. The summed E-state index contributed by atoms with van der Waals surface area (Å²) in [6.45, 7) is 6.54. The zero-order valence-electron chi connectivity index (χ0n) is 21.9. The second-order valence-electron chi connectivity index (χ2n) is 10.0. The van der Waals surface area contributed by atoms with E-state index in [9.17, 15) is 14.7 Å². The van der Waals surface area contributed by atoms with E-state index in [1.54, 1.807) is 12.1 Å². The van der Waals surface area contributed by atoms with Crippen LogP contribution in [0, 0.1) is 6.92 Å². The Morgan fingerprint density at radius 1 is 1.15 bits per heavy atom. The smallest absolute Gasteiger partial charge is 0.301 e. The fourth-order valence-electron chi connectivity index (χ4n) is 5.19. The molecule has 1 amide bonds. The molecule has 2 aliphatic heterocycles. The quantitative estimate of drug-likeness (QED) is 0.174. The first-order valence-corrected chi connectivity index (χ1v) is 13.9. The molecule has 1 N–H and O–H groups in total. The van der Waals surface area contributed by atoms with Crippen molar-refractivity contribution in [3.63, 3.8) is 0 Å². The highest BCUT2D eigenvalue weighted by Gasteiger charge is 2.48. The van der Waals surface area contributed by atoms with Gasteiger partial charge in [-0.2, -0.15) is 0 Å². The van der Waals surface area contributed by atoms with Gasteiger partial charge in [-0.05, 0) is 79.4 Å². The minimum atomic E-state index is -0.875. The number of hydrogen-bond acceptors (Lipinski definition) is 7. The number of aliphatic hydroxyl groups excluding tert-OH is 1. The topological polar surface area (TPSA) is 89.0 Å². The molecule has 0 bridgehead atoms. The van der Waals surface area contributed by atoms with E-state index in [-0.39, 0.29) is 17.4 Å². The zero-order chi connectivity index (χ0) is 27.3. The fraction of sp³-hybridized carbons (Fsp3) is 0.258. The van der Waals surface area contributed by atoms with Crippen LogP contribution in [0.2, 0.25) is 0 Å². The maximum atomic E-state index is 13.6. The summed E-state index contributed by atoms with van der Waals surface area (Å²) >= 11 is 1.35. The summed E-state index contributed by atoms with van der Waals surface area (Å²) in [5.41, 5.74) is 3.91. The highest BCUT2D eigenvalue weighted by atomic mass is 32.1. The molecule has 8 heteroatoms. The number of carbonyl (C=O) groups is 2. The number of aliphatic hydroxyl groups is 1.